The zero-order valence-corrected chi connectivity index (χ0v) is 17.2. The third-order valence-corrected chi connectivity index (χ3v) is 5.71. The Hall–Kier alpha value is -2.86. The van der Waals surface area contributed by atoms with Gasteiger partial charge < -0.3 is 5.32 Å². The maximum Gasteiger partial charge on any atom is 0.240 e. The number of benzene rings is 2. The van der Waals surface area contributed by atoms with Gasteiger partial charge in [-0.15, -0.1) is 0 Å². The highest BCUT2D eigenvalue weighted by atomic mass is 32.2. The Morgan fingerprint density at radius 2 is 1.83 bits per heavy atom. The molecule has 2 aromatic carbocycles. The maximum atomic E-state index is 12.6. The van der Waals surface area contributed by atoms with Gasteiger partial charge in [-0.05, 0) is 30.9 Å². The molecule has 0 aromatic heterocycles. The molecule has 1 aliphatic rings. The monoisotopic (exact) mass is 408 g/mol. The Morgan fingerprint density at radius 3 is 2.59 bits per heavy atom. The fourth-order valence-corrected chi connectivity index (χ4v) is 4.04. The number of carbonyl (C=O) groups is 3. The van der Waals surface area contributed by atoms with Crippen molar-refractivity contribution in [2.24, 2.45) is 0 Å². The predicted octanol–water partition coefficient (Wildman–Crippen LogP) is 3.34. The summed E-state index contributed by atoms with van der Waals surface area (Å²) in [6.07, 6.45) is 3.17. The van der Waals surface area contributed by atoms with Crippen LogP contribution in [0, 0.1) is 6.92 Å². The number of allylic oxidation sites excluding steroid dienone is 1. The van der Waals surface area contributed by atoms with Crippen molar-refractivity contribution in [2.75, 3.05) is 18.8 Å². The lowest BCUT2D eigenvalue weighted by molar-refractivity contribution is -0.131. The molecule has 3 rings (SSSR count). The standard InChI is InChI=1S/C23H24N2O3S/c1-17-8-5-6-12-19(17)20(26)14-23-25(22(28)16-29-23)15-21(27)24-13-7-11-18-9-3-2-4-10-18/h2-6,8-10,12,14H,7,11,13,15-16H2,1H3,(H,24,27)/b23-14-. The number of rotatable bonds is 8. The van der Waals surface area contributed by atoms with Crippen LogP contribution in [0.15, 0.2) is 65.7 Å². The summed E-state index contributed by atoms with van der Waals surface area (Å²) in [5, 5.41) is 3.39. The summed E-state index contributed by atoms with van der Waals surface area (Å²) in [7, 11) is 0. The van der Waals surface area contributed by atoms with Crippen LogP contribution in [-0.4, -0.2) is 41.3 Å². The number of thioether (sulfide) groups is 1. The molecule has 0 aliphatic carbocycles. The molecule has 1 heterocycles. The van der Waals surface area contributed by atoms with Gasteiger partial charge in [0.15, 0.2) is 5.78 Å². The number of carbonyl (C=O) groups excluding carboxylic acids is 3. The highest BCUT2D eigenvalue weighted by molar-refractivity contribution is 8.04. The van der Waals surface area contributed by atoms with E-state index in [2.05, 4.69) is 17.4 Å². The summed E-state index contributed by atoms with van der Waals surface area (Å²) in [6.45, 7) is 2.35. The van der Waals surface area contributed by atoms with Crippen molar-refractivity contribution in [3.8, 4) is 0 Å². The topological polar surface area (TPSA) is 66.5 Å². The Morgan fingerprint density at radius 1 is 1.10 bits per heavy atom. The molecule has 29 heavy (non-hydrogen) atoms. The summed E-state index contributed by atoms with van der Waals surface area (Å²) < 4.78 is 0. The van der Waals surface area contributed by atoms with Gasteiger partial charge in [-0.2, -0.15) is 0 Å². The van der Waals surface area contributed by atoms with Crippen LogP contribution in [0.5, 0.6) is 0 Å². The van der Waals surface area contributed by atoms with Gasteiger partial charge in [0.25, 0.3) is 0 Å². The Bertz CT molecular complexity index is 925. The van der Waals surface area contributed by atoms with Crippen LogP contribution in [0.4, 0.5) is 0 Å². The Kier molecular flexibility index (Phi) is 7.25. The Balaban J connectivity index is 1.54. The fraction of sp³-hybridized carbons (Fsp3) is 0.261. The molecular formula is C23H24N2O3S. The molecule has 1 saturated heterocycles. The summed E-state index contributed by atoms with van der Waals surface area (Å²) >= 11 is 1.29. The zero-order chi connectivity index (χ0) is 20.6. The number of nitrogens with zero attached hydrogens (tertiary/aromatic N) is 1. The van der Waals surface area contributed by atoms with Crippen LogP contribution in [0.25, 0.3) is 0 Å². The van der Waals surface area contributed by atoms with Gasteiger partial charge in [-0.1, -0.05) is 66.4 Å². The average Bonchev–Trinajstić information content (AvgIpc) is 3.05. The molecule has 2 aromatic rings. The van der Waals surface area contributed by atoms with Crippen molar-refractivity contribution in [2.45, 2.75) is 19.8 Å². The summed E-state index contributed by atoms with van der Waals surface area (Å²) in [6, 6.07) is 17.4. The van der Waals surface area contributed by atoms with Crippen LogP contribution >= 0.6 is 11.8 Å². The molecule has 1 N–H and O–H groups in total. The van der Waals surface area contributed by atoms with Crippen molar-refractivity contribution in [1.82, 2.24) is 10.2 Å². The number of ketones is 1. The smallest absolute Gasteiger partial charge is 0.240 e. The van der Waals surface area contributed by atoms with Crippen molar-refractivity contribution >= 4 is 29.4 Å². The number of aryl methyl sites for hydroxylation is 2. The van der Waals surface area contributed by atoms with Crippen LogP contribution < -0.4 is 5.32 Å². The van der Waals surface area contributed by atoms with Gasteiger partial charge in [0.2, 0.25) is 11.8 Å². The van der Waals surface area contributed by atoms with E-state index in [-0.39, 0.29) is 29.9 Å². The number of hydrogen-bond acceptors (Lipinski definition) is 4. The summed E-state index contributed by atoms with van der Waals surface area (Å²) in [5.41, 5.74) is 2.71. The first-order valence-electron chi connectivity index (χ1n) is 9.60. The predicted molar refractivity (Wildman–Crippen MR) is 116 cm³/mol. The van der Waals surface area contributed by atoms with Gasteiger partial charge in [-0.3, -0.25) is 19.3 Å². The van der Waals surface area contributed by atoms with E-state index in [1.165, 1.54) is 28.3 Å². The minimum Gasteiger partial charge on any atom is -0.355 e. The lowest BCUT2D eigenvalue weighted by atomic mass is 10.1. The molecule has 150 valence electrons. The second-order valence-electron chi connectivity index (χ2n) is 6.87. The zero-order valence-electron chi connectivity index (χ0n) is 16.4. The fourth-order valence-electron chi connectivity index (χ4n) is 3.10. The molecule has 0 saturated carbocycles. The van der Waals surface area contributed by atoms with Crippen molar-refractivity contribution in [3.05, 3.63) is 82.4 Å². The van der Waals surface area contributed by atoms with Gasteiger partial charge in [-0.25, -0.2) is 0 Å². The van der Waals surface area contributed by atoms with Crippen molar-refractivity contribution < 1.29 is 14.4 Å². The molecule has 1 aliphatic heterocycles. The average molecular weight is 409 g/mol. The van der Waals surface area contributed by atoms with Gasteiger partial charge in [0, 0.05) is 18.2 Å². The highest BCUT2D eigenvalue weighted by Gasteiger charge is 2.29. The molecule has 0 spiro atoms. The van der Waals surface area contributed by atoms with E-state index in [0.29, 0.717) is 17.1 Å². The number of nitrogens with one attached hydrogen (secondary N) is 1. The van der Waals surface area contributed by atoms with E-state index in [1.54, 1.807) is 6.07 Å². The quantitative estimate of drug-likeness (QED) is 0.413. The number of amides is 2. The van der Waals surface area contributed by atoms with Gasteiger partial charge >= 0.3 is 0 Å². The van der Waals surface area contributed by atoms with E-state index < -0.39 is 0 Å². The minimum atomic E-state index is -0.219. The van der Waals surface area contributed by atoms with Crippen molar-refractivity contribution in [1.29, 1.82) is 0 Å². The second kappa shape index (κ2) is 10.1. The van der Waals surface area contributed by atoms with E-state index in [9.17, 15) is 14.4 Å². The van der Waals surface area contributed by atoms with Crippen LogP contribution in [0.1, 0.15) is 27.9 Å². The molecule has 0 unspecified atom stereocenters. The van der Waals surface area contributed by atoms with E-state index in [4.69, 9.17) is 0 Å². The van der Waals surface area contributed by atoms with Gasteiger partial charge in [0.05, 0.1) is 10.8 Å². The third-order valence-electron chi connectivity index (χ3n) is 4.68. The SMILES string of the molecule is Cc1ccccc1C(=O)/C=C1\SCC(=O)N1CC(=O)NCCCc1ccccc1. The molecule has 2 amide bonds. The van der Waals surface area contributed by atoms with Crippen molar-refractivity contribution in [3.63, 3.8) is 0 Å². The molecule has 1 fully saturated rings. The molecule has 6 heteroatoms. The largest absolute Gasteiger partial charge is 0.355 e. The van der Waals surface area contributed by atoms with E-state index >= 15 is 0 Å². The minimum absolute atomic E-state index is 0.0654. The van der Waals surface area contributed by atoms with E-state index in [0.717, 1.165) is 18.4 Å². The molecule has 0 bridgehead atoms. The normalized spacial score (nSPS) is 15.0. The lowest BCUT2D eigenvalue weighted by Gasteiger charge is -2.16. The van der Waals surface area contributed by atoms with Crippen LogP contribution in [-0.2, 0) is 16.0 Å². The van der Waals surface area contributed by atoms with Crippen LogP contribution in [0.3, 0.4) is 0 Å². The summed E-state index contributed by atoms with van der Waals surface area (Å²) in [5.74, 6) is -0.288. The molecule has 5 nitrogen and oxygen atoms in total. The number of hydrogen-bond donors (Lipinski definition) is 1. The van der Waals surface area contributed by atoms with E-state index in [1.807, 2.05) is 43.3 Å². The first-order chi connectivity index (χ1) is 14.0. The lowest BCUT2D eigenvalue weighted by Crippen LogP contribution is -2.38. The maximum absolute atomic E-state index is 12.6. The Labute approximate surface area is 175 Å². The molecule has 0 atom stereocenters. The first-order valence-corrected chi connectivity index (χ1v) is 10.6. The van der Waals surface area contributed by atoms with Crippen LogP contribution in [0.2, 0.25) is 0 Å². The molecule has 0 radical (unpaired) electrons. The summed E-state index contributed by atoms with van der Waals surface area (Å²) in [4.78, 5) is 38.5. The second-order valence-corrected chi connectivity index (χ2v) is 7.87. The third kappa shape index (κ3) is 5.81. The highest BCUT2D eigenvalue weighted by Crippen LogP contribution is 2.29. The van der Waals surface area contributed by atoms with Gasteiger partial charge in [0.1, 0.15) is 6.54 Å². The molecular weight excluding hydrogens is 384 g/mol. The first kappa shape index (κ1) is 20.9.